The molecule has 7 nitrogen and oxygen atoms in total. The number of aryl methyl sites for hydroxylation is 1. The van der Waals surface area contributed by atoms with Crippen LogP contribution in [0.15, 0.2) is 33.8 Å². The molecule has 28 heavy (non-hydrogen) atoms. The average Bonchev–Trinajstić information content (AvgIpc) is 3.36. The van der Waals surface area contributed by atoms with Crippen molar-refractivity contribution in [1.82, 2.24) is 20.8 Å². The lowest BCUT2D eigenvalue weighted by Crippen LogP contribution is -2.40. The van der Waals surface area contributed by atoms with Gasteiger partial charge in [-0.3, -0.25) is 4.99 Å². The van der Waals surface area contributed by atoms with Crippen LogP contribution in [0.1, 0.15) is 45.0 Å². The van der Waals surface area contributed by atoms with Crippen molar-refractivity contribution in [2.75, 3.05) is 26.2 Å². The lowest BCUT2D eigenvalue weighted by Gasteiger charge is -2.21. The van der Waals surface area contributed by atoms with E-state index >= 15 is 0 Å². The van der Waals surface area contributed by atoms with Gasteiger partial charge in [-0.05, 0) is 50.8 Å². The first kappa shape index (κ1) is 20.3. The molecule has 1 aromatic carbocycles. The Balaban J connectivity index is 1.50. The van der Waals surface area contributed by atoms with Gasteiger partial charge < -0.3 is 19.9 Å². The number of hydrogen-bond donors (Lipinski definition) is 2. The van der Waals surface area contributed by atoms with E-state index in [1.54, 1.807) is 0 Å². The first-order chi connectivity index (χ1) is 13.6. The normalized spacial score (nSPS) is 19.8. The van der Waals surface area contributed by atoms with Gasteiger partial charge in [-0.2, -0.15) is 4.98 Å². The van der Waals surface area contributed by atoms with Crippen LogP contribution in [0.25, 0.3) is 11.5 Å². The fourth-order valence-electron chi connectivity index (χ4n) is 3.20. The number of hydrogen-bond acceptors (Lipinski definition) is 5. The standard InChI is InChI=1S/C21H31N5O2/c1-4-18-25-19(28-26-18)17-9-7-16(8-10-17)11-13-23-20(22-5-2)24-15-21(3)12-6-14-27-21/h7-10H,4-6,11-15H2,1-3H3,(H2,22,23,24). The molecule has 152 valence electrons. The number of aliphatic imine (C=N–C) groups is 1. The summed E-state index contributed by atoms with van der Waals surface area (Å²) < 4.78 is 11.1. The molecule has 1 aliphatic rings. The molecule has 0 aliphatic carbocycles. The maximum atomic E-state index is 5.82. The molecule has 0 saturated carbocycles. The highest BCUT2D eigenvalue weighted by Crippen LogP contribution is 2.25. The highest BCUT2D eigenvalue weighted by atomic mass is 16.5. The minimum atomic E-state index is -0.120. The lowest BCUT2D eigenvalue weighted by molar-refractivity contribution is 0.0283. The monoisotopic (exact) mass is 385 g/mol. The molecule has 1 saturated heterocycles. The number of rotatable bonds is 8. The molecule has 1 unspecified atom stereocenters. The summed E-state index contributed by atoms with van der Waals surface area (Å²) in [5, 5.41) is 10.7. The minimum Gasteiger partial charge on any atom is -0.373 e. The first-order valence-corrected chi connectivity index (χ1v) is 10.2. The van der Waals surface area contributed by atoms with E-state index < -0.39 is 0 Å². The molecule has 1 fully saturated rings. The molecule has 1 aromatic heterocycles. The van der Waals surface area contributed by atoms with Gasteiger partial charge in [0.05, 0.1) is 12.1 Å². The quantitative estimate of drug-likeness (QED) is 0.537. The fraction of sp³-hybridized carbons (Fsp3) is 0.571. The van der Waals surface area contributed by atoms with E-state index in [1.807, 2.05) is 19.1 Å². The van der Waals surface area contributed by atoms with Crippen LogP contribution in [0, 0.1) is 0 Å². The van der Waals surface area contributed by atoms with Crippen LogP contribution in [-0.2, 0) is 17.6 Å². The van der Waals surface area contributed by atoms with Crippen LogP contribution in [0.2, 0.25) is 0 Å². The summed E-state index contributed by atoms with van der Waals surface area (Å²) in [6, 6.07) is 8.26. The third kappa shape index (κ3) is 5.55. The number of nitrogens with zero attached hydrogens (tertiary/aromatic N) is 3. The predicted octanol–water partition coefficient (Wildman–Crippen LogP) is 2.97. The molecule has 2 N–H and O–H groups in total. The van der Waals surface area contributed by atoms with E-state index in [2.05, 4.69) is 46.8 Å². The second-order valence-electron chi connectivity index (χ2n) is 7.34. The molecular formula is C21H31N5O2. The number of nitrogens with one attached hydrogen (secondary N) is 2. The molecule has 7 heteroatoms. The molecule has 2 heterocycles. The maximum absolute atomic E-state index is 5.82. The van der Waals surface area contributed by atoms with Gasteiger partial charge >= 0.3 is 0 Å². The Bertz CT molecular complexity index is 763. The van der Waals surface area contributed by atoms with E-state index in [0.717, 1.165) is 62.7 Å². The molecule has 0 bridgehead atoms. The van der Waals surface area contributed by atoms with Crippen molar-refractivity contribution in [3.63, 3.8) is 0 Å². The highest BCUT2D eigenvalue weighted by molar-refractivity contribution is 5.79. The lowest BCUT2D eigenvalue weighted by atomic mass is 10.0. The Labute approximate surface area is 167 Å². The van der Waals surface area contributed by atoms with Crippen molar-refractivity contribution in [3.8, 4) is 11.5 Å². The third-order valence-corrected chi connectivity index (χ3v) is 4.91. The molecule has 2 aromatic rings. The average molecular weight is 386 g/mol. The summed E-state index contributed by atoms with van der Waals surface area (Å²) in [6.07, 6.45) is 3.87. The molecular weight excluding hydrogens is 354 g/mol. The van der Waals surface area contributed by atoms with Gasteiger partial charge in [-0.15, -0.1) is 0 Å². The summed E-state index contributed by atoms with van der Waals surface area (Å²) in [6.45, 7) is 9.39. The zero-order valence-corrected chi connectivity index (χ0v) is 17.1. The van der Waals surface area contributed by atoms with Crippen LogP contribution in [0.4, 0.5) is 0 Å². The van der Waals surface area contributed by atoms with Crippen LogP contribution in [0.5, 0.6) is 0 Å². The predicted molar refractivity (Wildman–Crippen MR) is 110 cm³/mol. The highest BCUT2D eigenvalue weighted by Gasteiger charge is 2.29. The Hall–Kier alpha value is -2.41. The first-order valence-electron chi connectivity index (χ1n) is 10.2. The summed E-state index contributed by atoms with van der Waals surface area (Å²) in [5.41, 5.74) is 2.07. The Morgan fingerprint density at radius 2 is 2.04 bits per heavy atom. The second-order valence-corrected chi connectivity index (χ2v) is 7.34. The topological polar surface area (TPSA) is 84.6 Å². The molecule has 0 spiro atoms. The molecule has 0 amide bonds. The van der Waals surface area contributed by atoms with Crippen LogP contribution >= 0.6 is 0 Å². The number of ether oxygens (including phenoxy) is 1. The van der Waals surface area contributed by atoms with Gasteiger partial charge in [0.15, 0.2) is 11.8 Å². The third-order valence-electron chi connectivity index (χ3n) is 4.91. The van der Waals surface area contributed by atoms with E-state index in [0.29, 0.717) is 12.4 Å². The van der Waals surface area contributed by atoms with E-state index in [-0.39, 0.29) is 5.60 Å². The summed E-state index contributed by atoms with van der Waals surface area (Å²) in [4.78, 5) is 9.07. The van der Waals surface area contributed by atoms with Crippen molar-refractivity contribution >= 4 is 5.96 Å². The number of guanidine groups is 1. The minimum absolute atomic E-state index is 0.120. The van der Waals surface area contributed by atoms with Crippen molar-refractivity contribution < 1.29 is 9.26 Å². The largest absolute Gasteiger partial charge is 0.373 e. The number of aromatic nitrogens is 2. The van der Waals surface area contributed by atoms with Gasteiger partial charge in [0.2, 0.25) is 0 Å². The zero-order valence-electron chi connectivity index (χ0n) is 17.1. The van der Waals surface area contributed by atoms with Gasteiger partial charge in [-0.25, -0.2) is 0 Å². The SMILES string of the molecule is CCNC(=NCC1(C)CCCO1)NCCc1ccc(-c2nc(CC)no2)cc1. The van der Waals surface area contributed by atoms with Gasteiger partial charge in [0, 0.05) is 31.7 Å². The van der Waals surface area contributed by atoms with E-state index in [9.17, 15) is 0 Å². The molecule has 0 radical (unpaired) electrons. The molecule has 3 rings (SSSR count). The number of benzene rings is 1. The smallest absolute Gasteiger partial charge is 0.257 e. The van der Waals surface area contributed by atoms with Crippen LogP contribution in [-0.4, -0.2) is 47.9 Å². The van der Waals surface area contributed by atoms with Crippen molar-refractivity contribution in [3.05, 3.63) is 35.7 Å². The Morgan fingerprint density at radius 1 is 1.21 bits per heavy atom. The second kappa shape index (κ2) is 9.68. The van der Waals surface area contributed by atoms with Gasteiger partial charge in [0.1, 0.15) is 0 Å². The Morgan fingerprint density at radius 3 is 2.68 bits per heavy atom. The van der Waals surface area contributed by atoms with E-state index in [4.69, 9.17) is 14.3 Å². The van der Waals surface area contributed by atoms with Crippen LogP contribution in [0.3, 0.4) is 0 Å². The maximum Gasteiger partial charge on any atom is 0.257 e. The fourth-order valence-corrected chi connectivity index (χ4v) is 3.20. The van der Waals surface area contributed by atoms with Gasteiger partial charge in [0.25, 0.3) is 5.89 Å². The van der Waals surface area contributed by atoms with Crippen molar-refractivity contribution in [2.24, 2.45) is 4.99 Å². The van der Waals surface area contributed by atoms with Crippen LogP contribution < -0.4 is 10.6 Å². The zero-order chi connectivity index (χ0) is 19.8. The van der Waals surface area contributed by atoms with E-state index in [1.165, 1.54) is 5.56 Å². The molecule has 1 aliphatic heterocycles. The van der Waals surface area contributed by atoms with Crippen molar-refractivity contribution in [2.45, 2.75) is 52.1 Å². The van der Waals surface area contributed by atoms with Gasteiger partial charge in [-0.1, -0.05) is 24.2 Å². The van der Waals surface area contributed by atoms with Crippen molar-refractivity contribution in [1.29, 1.82) is 0 Å². The summed E-state index contributed by atoms with van der Waals surface area (Å²) in [5.74, 6) is 2.15. The Kier molecular flexibility index (Phi) is 7.03. The summed E-state index contributed by atoms with van der Waals surface area (Å²) in [7, 11) is 0. The molecule has 1 atom stereocenters. The summed E-state index contributed by atoms with van der Waals surface area (Å²) >= 11 is 0.